The van der Waals surface area contributed by atoms with Crippen molar-refractivity contribution in [3.8, 4) is 6.07 Å². The van der Waals surface area contributed by atoms with Crippen LogP contribution >= 0.6 is 0 Å². The molecule has 0 aliphatic carbocycles. The van der Waals surface area contributed by atoms with Crippen LogP contribution in [0.1, 0.15) is 12.5 Å². The van der Waals surface area contributed by atoms with Crippen molar-refractivity contribution in [1.82, 2.24) is 10.6 Å². The molecule has 3 N–H and O–H groups in total. The van der Waals surface area contributed by atoms with Gasteiger partial charge in [0.25, 0.3) is 5.91 Å². The first kappa shape index (κ1) is 18.0. The highest BCUT2D eigenvalue weighted by molar-refractivity contribution is 6.06. The van der Waals surface area contributed by atoms with E-state index in [2.05, 4.69) is 16.0 Å². The predicted octanol–water partition coefficient (Wildman–Crippen LogP) is 1.68. The summed E-state index contributed by atoms with van der Waals surface area (Å²) in [6, 6.07) is 9.13. The molecular formula is C16H20N4O3. The van der Waals surface area contributed by atoms with Crippen molar-refractivity contribution in [2.75, 3.05) is 25.0 Å². The average Bonchev–Trinajstić information content (AvgIpc) is 2.53. The number of hydrogen-bond donors (Lipinski definition) is 3. The third-order valence-electron chi connectivity index (χ3n) is 2.82. The average molecular weight is 316 g/mol. The highest BCUT2D eigenvalue weighted by Gasteiger charge is 2.10. The van der Waals surface area contributed by atoms with E-state index in [0.717, 1.165) is 5.56 Å². The summed E-state index contributed by atoms with van der Waals surface area (Å²) in [5.41, 5.74) is 1.51. The van der Waals surface area contributed by atoms with Crippen molar-refractivity contribution >= 4 is 17.7 Å². The number of carbonyl (C=O) groups is 2. The summed E-state index contributed by atoms with van der Waals surface area (Å²) in [6.07, 6.45) is 0.816. The Morgan fingerprint density at radius 1 is 1.30 bits per heavy atom. The first-order valence-corrected chi connectivity index (χ1v) is 7.19. The minimum Gasteiger partial charge on any atom is -0.450 e. The van der Waals surface area contributed by atoms with Crippen molar-refractivity contribution < 1.29 is 14.3 Å². The van der Waals surface area contributed by atoms with Crippen LogP contribution in [0.2, 0.25) is 0 Å². The monoisotopic (exact) mass is 316 g/mol. The number of nitrogens with one attached hydrogen (secondary N) is 3. The van der Waals surface area contributed by atoms with Gasteiger partial charge in [-0.3, -0.25) is 4.79 Å². The number of amides is 2. The molecule has 1 rings (SSSR count). The molecule has 1 aromatic carbocycles. The number of rotatable bonds is 7. The largest absolute Gasteiger partial charge is 0.450 e. The number of anilines is 1. The van der Waals surface area contributed by atoms with Crippen molar-refractivity contribution in [1.29, 1.82) is 5.26 Å². The molecule has 23 heavy (non-hydrogen) atoms. The van der Waals surface area contributed by atoms with E-state index < -0.39 is 12.0 Å². The highest BCUT2D eigenvalue weighted by Crippen LogP contribution is 2.13. The number of aryl methyl sites for hydroxylation is 1. The molecule has 0 spiro atoms. The fourth-order valence-corrected chi connectivity index (χ4v) is 1.64. The van der Waals surface area contributed by atoms with Crippen molar-refractivity contribution in [3.63, 3.8) is 0 Å². The smallest absolute Gasteiger partial charge is 0.407 e. The summed E-state index contributed by atoms with van der Waals surface area (Å²) in [5, 5.41) is 17.0. The maximum absolute atomic E-state index is 12.0. The van der Waals surface area contributed by atoms with E-state index >= 15 is 0 Å². The topological polar surface area (TPSA) is 103 Å². The normalized spacial score (nSPS) is 10.4. The predicted molar refractivity (Wildman–Crippen MR) is 86.5 cm³/mol. The molecule has 1 aromatic rings. The number of alkyl carbamates (subject to hydrolysis) is 1. The number of benzene rings is 1. The van der Waals surface area contributed by atoms with Gasteiger partial charge in [-0.2, -0.15) is 5.26 Å². The summed E-state index contributed by atoms with van der Waals surface area (Å²) in [4.78, 5) is 23.1. The van der Waals surface area contributed by atoms with Gasteiger partial charge in [-0.1, -0.05) is 18.2 Å². The van der Waals surface area contributed by atoms with Gasteiger partial charge in [0.15, 0.2) is 0 Å². The second-order valence-electron chi connectivity index (χ2n) is 4.54. The van der Waals surface area contributed by atoms with Gasteiger partial charge in [0.1, 0.15) is 11.6 Å². The molecule has 7 heteroatoms. The summed E-state index contributed by atoms with van der Waals surface area (Å²) in [5.74, 6) is -0.493. The van der Waals surface area contributed by atoms with Crippen LogP contribution in [0.5, 0.6) is 0 Å². The fourth-order valence-electron chi connectivity index (χ4n) is 1.64. The SMILES string of the molecule is CCOC(=O)NCCN/C=C(/C#N)C(=O)Nc1ccccc1C. The molecule has 0 atom stereocenters. The van der Waals surface area contributed by atoms with Crippen LogP contribution in [0.4, 0.5) is 10.5 Å². The number of ether oxygens (including phenoxy) is 1. The van der Waals surface area contributed by atoms with Crippen LogP contribution in [0.25, 0.3) is 0 Å². The molecule has 0 saturated carbocycles. The zero-order chi connectivity index (χ0) is 17.1. The number of para-hydroxylation sites is 1. The molecule has 0 aromatic heterocycles. The first-order valence-electron chi connectivity index (χ1n) is 7.19. The molecule has 122 valence electrons. The van der Waals surface area contributed by atoms with Gasteiger partial charge >= 0.3 is 6.09 Å². The standard InChI is InChI=1S/C16H20N4O3/c1-3-23-16(22)19-9-8-18-11-13(10-17)15(21)20-14-7-5-4-6-12(14)2/h4-7,11,18H,3,8-9H2,1-2H3,(H,19,22)(H,20,21)/b13-11-. The van der Waals surface area contributed by atoms with Gasteiger partial charge in [0, 0.05) is 25.0 Å². The molecule has 0 radical (unpaired) electrons. The third kappa shape index (κ3) is 6.52. The molecule has 2 amide bonds. The van der Waals surface area contributed by atoms with Gasteiger partial charge < -0.3 is 20.7 Å². The Kier molecular flexibility index (Phi) is 7.72. The van der Waals surface area contributed by atoms with E-state index in [0.29, 0.717) is 25.4 Å². The number of nitrogens with zero attached hydrogens (tertiary/aromatic N) is 1. The molecule has 0 bridgehead atoms. The maximum Gasteiger partial charge on any atom is 0.407 e. The van der Waals surface area contributed by atoms with E-state index in [4.69, 9.17) is 10.00 Å². The van der Waals surface area contributed by atoms with Crippen LogP contribution in [0.3, 0.4) is 0 Å². The number of hydrogen-bond acceptors (Lipinski definition) is 5. The van der Waals surface area contributed by atoms with E-state index in [1.807, 2.05) is 25.1 Å². The molecule has 7 nitrogen and oxygen atoms in total. The summed E-state index contributed by atoms with van der Waals surface area (Å²) < 4.78 is 4.70. The highest BCUT2D eigenvalue weighted by atomic mass is 16.5. The summed E-state index contributed by atoms with van der Waals surface area (Å²) in [6.45, 7) is 4.56. The van der Waals surface area contributed by atoms with Crippen molar-refractivity contribution in [3.05, 3.63) is 41.6 Å². The Morgan fingerprint density at radius 2 is 2.04 bits per heavy atom. The Bertz CT molecular complexity index is 620. The van der Waals surface area contributed by atoms with E-state index in [1.54, 1.807) is 19.1 Å². The van der Waals surface area contributed by atoms with Crippen molar-refractivity contribution in [2.24, 2.45) is 0 Å². The van der Waals surface area contributed by atoms with Gasteiger partial charge in [-0.15, -0.1) is 0 Å². The Balaban J connectivity index is 2.46. The van der Waals surface area contributed by atoms with Crippen molar-refractivity contribution in [2.45, 2.75) is 13.8 Å². The molecule has 0 saturated heterocycles. The lowest BCUT2D eigenvalue weighted by atomic mass is 10.2. The van der Waals surface area contributed by atoms with Crippen LogP contribution in [-0.2, 0) is 9.53 Å². The Hall–Kier alpha value is -3.01. The van der Waals surface area contributed by atoms with Crippen LogP contribution < -0.4 is 16.0 Å². The molecule has 0 unspecified atom stereocenters. The van der Waals surface area contributed by atoms with Gasteiger partial charge in [0.05, 0.1) is 6.61 Å². The second-order valence-corrected chi connectivity index (χ2v) is 4.54. The zero-order valence-corrected chi connectivity index (χ0v) is 13.2. The minimum atomic E-state index is -0.504. The van der Waals surface area contributed by atoms with Crippen LogP contribution in [0.15, 0.2) is 36.0 Å². The van der Waals surface area contributed by atoms with E-state index in [9.17, 15) is 9.59 Å². The first-order chi connectivity index (χ1) is 11.1. The maximum atomic E-state index is 12.0. The molecule has 0 aliphatic rings. The number of carbonyl (C=O) groups excluding carboxylic acids is 2. The van der Waals surface area contributed by atoms with E-state index in [1.165, 1.54) is 6.20 Å². The number of nitriles is 1. The van der Waals surface area contributed by atoms with Gasteiger partial charge in [0.2, 0.25) is 0 Å². The van der Waals surface area contributed by atoms with Crippen LogP contribution in [0, 0.1) is 18.3 Å². The lowest BCUT2D eigenvalue weighted by Gasteiger charge is -2.08. The molecular weight excluding hydrogens is 296 g/mol. The van der Waals surface area contributed by atoms with E-state index in [-0.39, 0.29) is 5.57 Å². The molecule has 0 fully saturated rings. The molecule has 0 aliphatic heterocycles. The fraction of sp³-hybridized carbons (Fsp3) is 0.312. The van der Waals surface area contributed by atoms with Gasteiger partial charge in [-0.05, 0) is 25.5 Å². The lowest BCUT2D eigenvalue weighted by molar-refractivity contribution is -0.112. The summed E-state index contributed by atoms with van der Waals surface area (Å²) in [7, 11) is 0. The molecule has 0 heterocycles. The Labute approximate surface area is 135 Å². The quantitative estimate of drug-likeness (QED) is 0.403. The zero-order valence-electron chi connectivity index (χ0n) is 13.2. The second kappa shape index (κ2) is 9.84. The third-order valence-corrected chi connectivity index (χ3v) is 2.82. The lowest BCUT2D eigenvalue weighted by Crippen LogP contribution is -2.31. The van der Waals surface area contributed by atoms with Gasteiger partial charge in [-0.25, -0.2) is 4.79 Å². The summed E-state index contributed by atoms with van der Waals surface area (Å²) >= 11 is 0. The van der Waals surface area contributed by atoms with Crippen LogP contribution in [-0.4, -0.2) is 31.7 Å². The Morgan fingerprint density at radius 3 is 2.70 bits per heavy atom. The minimum absolute atomic E-state index is 0.0515.